The first-order valence-corrected chi connectivity index (χ1v) is 2.87. The Bertz CT molecular complexity index is 89.1. The largest absolute Gasteiger partial charge is 0.133 e. The zero-order valence-corrected chi connectivity index (χ0v) is 5.63. The minimum Gasteiger partial charge on any atom is -0.110 e. The van der Waals surface area contributed by atoms with Crippen LogP contribution in [0.3, 0.4) is 0 Å². The highest BCUT2D eigenvalue weighted by Gasteiger charge is 1.83. The van der Waals surface area contributed by atoms with Crippen LogP contribution in [0.25, 0.3) is 0 Å². The molecule has 0 saturated heterocycles. The summed E-state index contributed by atoms with van der Waals surface area (Å²) in [5.74, 6) is 0. The third-order valence-electron chi connectivity index (χ3n) is 0.285. The van der Waals surface area contributed by atoms with Gasteiger partial charge in [0.2, 0.25) is 0 Å². The van der Waals surface area contributed by atoms with Gasteiger partial charge in [-0.1, -0.05) is 11.6 Å². The van der Waals surface area contributed by atoms with Gasteiger partial charge in [-0.05, 0) is 6.08 Å². The number of hydrogen-bond donors (Lipinski definition) is 0. The molecular weight excluding hydrogens is 154 g/mol. The maximum absolute atomic E-state index is 5.23. The first-order valence-electron chi connectivity index (χ1n) is 1.57. The third kappa shape index (κ3) is 6.39. The highest BCUT2D eigenvalue weighted by atomic mass is 35.5. The van der Waals surface area contributed by atoms with Gasteiger partial charge in [-0.3, -0.25) is 0 Å². The Morgan fingerprint density at radius 2 is 2.00 bits per heavy atom. The van der Waals surface area contributed by atoms with Crippen LogP contribution in [0.2, 0.25) is 0 Å². The molecule has 0 amide bonds. The molecule has 0 unspecified atom stereocenters. The summed E-state index contributed by atoms with van der Waals surface area (Å²) in [5.41, 5.74) is 3.72. The van der Waals surface area contributed by atoms with Crippen LogP contribution in [-0.2, 0) is 0 Å². The Kier molecular flexibility index (Phi) is 4.80. The molecule has 0 aromatic rings. The molecule has 0 atom stereocenters. The molecule has 0 aliphatic heterocycles. The Labute approximate surface area is 57.4 Å². The van der Waals surface area contributed by atoms with Crippen molar-refractivity contribution in [3.8, 4) is 0 Å². The average molecular weight is 157 g/mol. The molecule has 0 aromatic carbocycles. The van der Waals surface area contributed by atoms with Crippen molar-refractivity contribution in [1.82, 2.24) is 0 Å². The summed E-state index contributed by atoms with van der Waals surface area (Å²) in [7, 11) is 0. The van der Waals surface area contributed by atoms with Gasteiger partial charge >= 0.3 is 0 Å². The van der Waals surface area contributed by atoms with Crippen LogP contribution < -0.4 is 0 Å². The van der Waals surface area contributed by atoms with Crippen molar-refractivity contribution in [3.05, 3.63) is 17.3 Å². The van der Waals surface area contributed by atoms with Crippen LogP contribution in [0, 0.1) is 0 Å². The molecule has 0 fully saturated rings. The number of alkyl halides is 2. The first kappa shape index (κ1) is 7.39. The Morgan fingerprint density at radius 1 is 1.43 bits per heavy atom. The number of hydrogen-bond acceptors (Lipinski definition) is 0. The fraction of sp³-hybridized carbons (Fsp3) is 0.250. The van der Waals surface area contributed by atoms with E-state index in [1.54, 1.807) is 0 Å². The number of allylic oxidation sites excluding steroid dienone is 1. The molecule has 0 bridgehead atoms. The molecule has 0 saturated carbocycles. The molecule has 7 heavy (non-hydrogen) atoms. The predicted octanol–water partition coefficient (Wildman–Crippen LogP) is 2.70. The van der Waals surface area contributed by atoms with E-state index in [0.717, 1.165) is 0 Å². The molecule has 0 aliphatic carbocycles. The van der Waals surface area contributed by atoms with Crippen LogP contribution in [0.1, 0.15) is 0 Å². The van der Waals surface area contributed by atoms with Crippen molar-refractivity contribution in [3.63, 3.8) is 0 Å². The maximum atomic E-state index is 5.23. The monoisotopic (exact) mass is 156 g/mol. The molecule has 40 valence electrons. The number of rotatable bonds is 1. The van der Waals surface area contributed by atoms with E-state index in [-0.39, 0.29) is 0 Å². The quantitative estimate of drug-likeness (QED) is 0.405. The van der Waals surface area contributed by atoms with Gasteiger partial charge < -0.3 is 0 Å². The van der Waals surface area contributed by atoms with Crippen molar-refractivity contribution in [2.75, 3.05) is 0 Å². The van der Waals surface area contributed by atoms with Crippen LogP contribution in [0.4, 0.5) is 0 Å². The Balaban J connectivity index is 3.46. The Hall–Kier alpha value is 0.390. The minimum absolute atomic E-state index is 0.505. The molecule has 0 N–H and O–H groups in total. The van der Waals surface area contributed by atoms with Gasteiger partial charge in [-0.15, -0.1) is 28.9 Å². The predicted molar refractivity (Wildman–Crippen MR) is 34.0 cm³/mol. The molecular formula is C4H3Cl3. The lowest BCUT2D eigenvalue weighted by Crippen LogP contribution is -1.70. The van der Waals surface area contributed by atoms with E-state index in [0.29, 0.717) is 0 Å². The number of halogens is 3. The SMILES string of the molecule is ClC=C=CC(Cl)Cl. The average Bonchev–Trinajstić information content (AvgIpc) is 1.61. The maximum Gasteiger partial charge on any atom is 0.133 e. The summed E-state index contributed by atoms with van der Waals surface area (Å²) in [6.07, 6.45) is 1.44. The summed E-state index contributed by atoms with van der Waals surface area (Å²) in [5, 5.41) is 0. The lowest BCUT2D eigenvalue weighted by molar-refractivity contribution is 1.62. The summed E-state index contributed by atoms with van der Waals surface area (Å²) in [6.45, 7) is 0. The molecule has 3 heteroatoms. The van der Waals surface area contributed by atoms with Crippen molar-refractivity contribution in [2.45, 2.75) is 4.84 Å². The molecule has 0 spiro atoms. The molecule has 0 aromatic heterocycles. The van der Waals surface area contributed by atoms with Gasteiger partial charge in [0, 0.05) is 5.54 Å². The summed E-state index contributed by atoms with van der Waals surface area (Å²) in [6, 6.07) is 0. The van der Waals surface area contributed by atoms with Crippen LogP contribution >= 0.6 is 34.8 Å². The summed E-state index contributed by atoms with van der Waals surface area (Å²) >= 11 is 15.5. The normalized spacial score (nSPS) is 8.00. The molecule has 0 heterocycles. The van der Waals surface area contributed by atoms with E-state index in [9.17, 15) is 0 Å². The zero-order chi connectivity index (χ0) is 5.70. The van der Waals surface area contributed by atoms with Gasteiger partial charge in [-0.2, -0.15) is 0 Å². The van der Waals surface area contributed by atoms with Crippen LogP contribution in [0.15, 0.2) is 17.3 Å². The second-order valence-corrected chi connectivity index (χ2v) is 2.16. The van der Waals surface area contributed by atoms with Gasteiger partial charge in [0.1, 0.15) is 4.84 Å². The van der Waals surface area contributed by atoms with Gasteiger partial charge in [-0.25, -0.2) is 0 Å². The van der Waals surface area contributed by atoms with Gasteiger partial charge in [0.05, 0.1) is 0 Å². The topological polar surface area (TPSA) is 0 Å². The lowest BCUT2D eigenvalue weighted by atomic mass is 10.7. The fourth-order valence-corrected chi connectivity index (χ4v) is 0.327. The lowest BCUT2D eigenvalue weighted by Gasteiger charge is -1.78. The molecule has 0 rings (SSSR count). The molecule has 0 nitrogen and oxygen atoms in total. The van der Waals surface area contributed by atoms with Gasteiger partial charge in [0.25, 0.3) is 0 Å². The first-order chi connectivity index (χ1) is 3.27. The molecule has 0 radical (unpaired) electrons. The second-order valence-electron chi connectivity index (χ2n) is 0.777. The van der Waals surface area contributed by atoms with Crippen LogP contribution in [-0.4, -0.2) is 4.84 Å². The van der Waals surface area contributed by atoms with Crippen LogP contribution in [0.5, 0.6) is 0 Å². The molecule has 0 aliphatic rings. The van der Waals surface area contributed by atoms with E-state index in [1.165, 1.54) is 11.6 Å². The van der Waals surface area contributed by atoms with Gasteiger partial charge in [0.15, 0.2) is 0 Å². The van der Waals surface area contributed by atoms with Crippen molar-refractivity contribution in [1.29, 1.82) is 0 Å². The standard InChI is InChI=1S/C4H3Cl3/c5-3-1-2-4(6)7/h2-4H. The second kappa shape index (κ2) is 4.55. The van der Waals surface area contributed by atoms with Crippen molar-refractivity contribution < 1.29 is 0 Å². The highest BCUT2D eigenvalue weighted by molar-refractivity contribution is 6.45. The van der Waals surface area contributed by atoms with E-state index in [4.69, 9.17) is 34.8 Å². The van der Waals surface area contributed by atoms with Crippen molar-refractivity contribution >= 4 is 34.8 Å². The van der Waals surface area contributed by atoms with Crippen molar-refractivity contribution in [2.24, 2.45) is 0 Å². The zero-order valence-electron chi connectivity index (χ0n) is 3.37. The summed E-state index contributed by atoms with van der Waals surface area (Å²) in [4.78, 5) is -0.505. The minimum atomic E-state index is -0.505. The summed E-state index contributed by atoms with van der Waals surface area (Å²) < 4.78 is 0. The van der Waals surface area contributed by atoms with E-state index < -0.39 is 4.84 Å². The highest BCUT2D eigenvalue weighted by Crippen LogP contribution is 2.00. The Morgan fingerprint density at radius 3 is 2.14 bits per heavy atom. The van der Waals surface area contributed by atoms with E-state index in [2.05, 4.69) is 5.73 Å². The third-order valence-corrected chi connectivity index (χ3v) is 0.663. The van der Waals surface area contributed by atoms with E-state index in [1.807, 2.05) is 0 Å². The van der Waals surface area contributed by atoms with E-state index >= 15 is 0 Å². The smallest absolute Gasteiger partial charge is 0.110 e. The fourth-order valence-electron chi connectivity index (χ4n) is 0.109.